The molecule has 2 aromatic carbocycles. The van der Waals surface area contributed by atoms with Crippen molar-refractivity contribution in [1.82, 2.24) is 30.0 Å². The molecule has 42 heavy (non-hydrogen) atoms. The van der Waals surface area contributed by atoms with E-state index in [2.05, 4.69) is 48.2 Å². The number of nitrogens with zero attached hydrogens (tertiary/aromatic N) is 5. The number of anilines is 1. The minimum atomic E-state index is -0.350. The van der Waals surface area contributed by atoms with Crippen LogP contribution in [0, 0.1) is 5.82 Å². The molecule has 1 aliphatic heterocycles. The molecule has 9 heteroatoms. The fraction of sp³-hybridized carbons (Fsp3) is 0.242. The quantitative estimate of drug-likeness (QED) is 0.220. The second-order valence-electron chi connectivity index (χ2n) is 11.0. The number of rotatable bonds is 8. The maximum absolute atomic E-state index is 14.7. The lowest BCUT2D eigenvalue weighted by Gasteiger charge is -2.15. The lowest BCUT2D eigenvalue weighted by Crippen LogP contribution is -2.25. The molecule has 5 heterocycles. The number of hydrogen-bond donors (Lipinski definition) is 2. The van der Waals surface area contributed by atoms with E-state index in [4.69, 9.17) is 4.74 Å². The Morgan fingerprint density at radius 2 is 1.74 bits per heavy atom. The first-order valence-corrected chi connectivity index (χ1v) is 14.3. The van der Waals surface area contributed by atoms with Gasteiger partial charge in [0.2, 0.25) is 0 Å². The average Bonchev–Trinajstić information content (AvgIpc) is 3.76. The van der Waals surface area contributed by atoms with Crippen molar-refractivity contribution in [3.63, 3.8) is 0 Å². The van der Waals surface area contributed by atoms with E-state index in [1.807, 2.05) is 55.7 Å². The summed E-state index contributed by atoms with van der Waals surface area (Å²) in [5.74, 6) is 0.161. The zero-order valence-electron chi connectivity index (χ0n) is 23.7. The van der Waals surface area contributed by atoms with Crippen LogP contribution in [0.2, 0.25) is 0 Å². The number of likely N-dealkylation sites (tertiary alicyclic amines) is 1. The summed E-state index contributed by atoms with van der Waals surface area (Å²) in [6, 6.07) is 17.1. The number of aromatic amines is 2. The number of H-pyrrole nitrogens is 2. The molecule has 0 saturated carbocycles. The molecule has 212 valence electrons. The summed E-state index contributed by atoms with van der Waals surface area (Å²) in [5, 5.41) is 9.69. The van der Waals surface area contributed by atoms with Gasteiger partial charge in [-0.05, 0) is 74.0 Å². The van der Waals surface area contributed by atoms with Crippen LogP contribution in [0.25, 0.3) is 55.6 Å². The van der Waals surface area contributed by atoms with Crippen LogP contribution >= 0.6 is 0 Å². The van der Waals surface area contributed by atoms with E-state index in [0.29, 0.717) is 23.6 Å². The molecule has 8 nitrogen and oxygen atoms in total. The Morgan fingerprint density at radius 3 is 2.60 bits per heavy atom. The molecule has 0 aliphatic carbocycles. The van der Waals surface area contributed by atoms with Gasteiger partial charge < -0.3 is 14.6 Å². The molecule has 0 bridgehead atoms. The van der Waals surface area contributed by atoms with Crippen molar-refractivity contribution >= 4 is 27.5 Å². The highest BCUT2D eigenvalue weighted by atomic mass is 19.1. The summed E-state index contributed by atoms with van der Waals surface area (Å²) in [4.78, 5) is 17.0. The largest absolute Gasteiger partial charge is 0.492 e. The standard InChI is InChI=1S/C33H32FN7O/c1-40(2)25-14-23(19-35-20-25)21-5-6-30-27(16-21)33(39-38-30)31-18-28-29(37-31)7-8-36-32(28)22-13-24(34)17-26(15-22)42-12-11-41-9-3-4-10-41/h5-8,13-20,37H,3-4,9-12H2,1-2H3,(H,38,39). The van der Waals surface area contributed by atoms with Gasteiger partial charge in [0.05, 0.1) is 28.8 Å². The number of ether oxygens (including phenoxy) is 1. The monoisotopic (exact) mass is 561 g/mol. The van der Waals surface area contributed by atoms with Crippen LogP contribution in [0.1, 0.15) is 12.8 Å². The molecule has 2 N–H and O–H groups in total. The second kappa shape index (κ2) is 10.9. The predicted octanol–water partition coefficient (Wildman–Crippen LogP) is 6.51. The molecular formula is C33H32FN7O. The Labute approximate surface area is 243 Å². The minimum absolute atomic E-state index is 0.350. The van der Waals surface area contributed by atoms with Gasteiger partial charge in [0.25, 0.3) is 0 Å². The molecule has 1 fully saturated rings. The third-order valence-electron chi connectivity index (χ3n) is 7.96. The highest BCUT2D eigenvalue weighted by Gasteiger charge is 2.17. The zero-order valence-corrected chi connectivity index (χ0v) is 23.7. The van der Waals surface area contributed by atoms with E-state index in [1.165, 1.54) is 25.0 Å². The summed E-state index contributed by atoms with van der Waals surface area (Å²) >= 11 is 0. The molecule has 0 radical (unpaired) electrons. The van der Waals surface area contributed by atoms with Crippen LogP contribution < -0.4 is 9.64 Å². The summed E-state index contributed by atoms with van der Waals surface area (Å²) in [6.07, 6.45) is 7.93. The minimum Gasteiger partial charge on any atom is -0.492 e. The average molecular weight is 562 g/mol. The van der Waals surface area contributed by atoms with E-state index in [1.54, 1.807) is 6.20 Å². The van der Waals surface area contributed by atoms with Gasteiger partial charge in [-0.1, -0.05) is 6.07 Å². The van der Waals surface area contributed by atoms with E-state index >= 15 is 0 Å². The summed E-state index contributed by atoms with van der Waals surface area (Å²) in [6.45, 7) is 3.58. The fourth-order valence-electron chi connectivity index (χ4n) is 5.72. The maximum atomic E-state index is 14.7. The number of pyridine rings is 2. The van der Waals surface area contributed by atoms with Crippen molar-refractivity contribution in [2.24, 2.45) is 0 Å². The van der Waals surface area contributed by atoms with Crippen LogP contribution in [0.15, 0.2) is 73.2 Å². The van der Waals surface area contributed by atoms with E-state index in [0.717, 1.165) is 69.6 Å². The van der Waals surface area contributed by atoms with Crippen LogP contribution in [-0.2, 0) is 0 Å². The molecular weight excluding hydrogens is 529 g/mol. The number of nitrogens with one attached hydrogen (secondary N) is 2. The summed E-state index contributed by atoms with van der Waals surface area (Å²) in [7, 11) is 4.01. The number of benzene rings is 2. The van der Waals surface area contributed by atoms with Crippen LogP contribution in [-0.4, -0.2) is 70.4 Å². The Bertz CT molecular complexity index is 1890. The van der Waals surface area contributed by atoms with Gasteiger partial charge in [0.15, 0.2) is 0 Å². The molecule has 1 saturated heterocycles. The Hall–Kier alpha value is -4.76. The first-order valence-electron chi connectivity index (χ1n) is 14.3. The van der Waals surface area contributed by atoms with Gasteiger partial charge in [-0.15, -0.1) is 0 Å². The van der Waals surface area contributed by atoms with Crippen LogP contribution in [0.4, 0.5) is 10.1 Å². The van der Waals surface area contributed by atoms with Crippen molar-refractivity contribution in [2.75, 3.05) is 45.2 Å². The van der Waals surface area contributed by atoms with Gasteiger partial charge in [-0.3, -0.25) is 20.0 Å². The molecule has 7 rings (SSSR count). The van der Waals surface area contributed by atoms with Crippen molar-refractivity contribution in [2.45, 2.75) is 12.8 Å². The first kappa shape index (κ1) is 26.2. The van der Waals surface area contributed by atoms with Crippen LogP contribution in [0.5, 0.6) is 5.75 Å². The maximum Gasteiger partial charge on any atom is 0.127 e. The third kappa shape index (κ3) is 5.07. The van der Waals surface area contributed by atoms with Crippen molar-refractivity contribution in [3.05, 3.63) is 79.0 Å². The van der Waals surface area contributed by atoms with E-state index in [9.17, 15) is 4.39 Å². The zero-order chi connectivity index (χ0) is 28.6. The van der Waals surface area contributed by atoms with Crippen LogP contribution in [0.3, 0.4) is 0 Å². The predicted molar refractivity (Wildman–Crippen MR) is 165 cm³/mol. The number of fused-ring (bicyclic) bond motifs is 2. The van der Waals surface area contributed by atoms with Crippen molar-refractivity contribution in [1.29, 1.82) is 0 Å². The number of aromatic nitrogens is 5. The smallest absolute Gasteiger partial charge is 0.127 e. The number of halogens is 1. The molecule has 1 aliphatic rings. The number of hydrogen-bond acceptors (Lipinski definition) is 6. The van der Waals surface area contributed by atoms with E-state index in [-0.39, 0.29) is 5.82 Å². The molecule has 0 unspecified atom stereocenters. The van der Waals surface area contributed by atoms with Gasteiger partial charge in [0.1, 0.15) is 23.9 Å². The fourth-order valence-corrected chi connectivity index (χ4v) is 5.72. The van der Waals surface area contributed by atoms with Gasteiger partial charge in [0, 0.05) is 66.5 Å². The first-order chi connectivity index (χ1) is 20.5. The van der Waals surface area contributed by atoms with Gasteiger partial charge in [-0.2, -0.15) is 5.10 Å². The summed E-state index contributed by atoms with van der Waals surface area (Å²) in [5.41, 5.74) is 7.95. The molecule has 0 atom stereocenters. The molecule has 0 spiro atoms. The van der Waals surface area contributed by atoms with Crippen molar-refractivity contribution in [3.8, 4) is 39.5 Å². The Morgan fingerprint density at radius 1 is 0.881 bits per heavy atom. The summed E-state index contributed by atoms with van der Waals surface area (Å²) < 4.78 is 20.7. The Kier molecular flexibility index (Phi) is 6.79. The molecule has 6 aromatic rings. The topological polar surface area (TPSA) is 86.0 Å². The lowest BCUT2D eigenvalue weighted by atomic mass is 10.0. The lowest BCUT2D eigenvalue weighted by molar-refractivity contribution is 0.237. The SMILES string of the molecule is CN(C)c1cncc(-c2ccc3[nH]nc(-c4cc5c(-c6cc(F)cc(OCCN7CCCC7)c6)nccc5[nH]4)c3c2)c1. The van der Waals surface area contributed by atoms with Gasteiger partial charge in [-0.25, -0.2) is 4.39 Å². The normalized spacial score (nSPS) is 13.8. The highest BCUT2D eigenvalue weighted by Crippen LogP contribution is 2.35. The second-order valence-corrected chi connectivity index (χ2v) is 11.0. The third-order valence-corrected chi connectivity index (χ3v) is 7.96. The van der Waals surface area contributed by atoms with E-state index < -0.39 is 0 Å². The Balaban J connectivity index is 1.22. The molecule has 4 aromatic heterocycles. The molecule has 0 amide bonds. The van der Waals surface area contributed by atoms with Crippen molar-refractivity contribution < 1.29 is 9.13 Å². The van der Waals surface area contributed by atoms with Gasteiger partial charge >= 0.3 is 0 Å². The highest BCUT2D eigenvalue weighted by molar-refractivity contribution is 6.01.